The molecule has 1 unspecified atom stereocenters. The maximum Gasteiger partial charge on any atom is 0.238 e. The number of likely N-dealkylation sites (tertiary alicyclic amines) is 1. The fourth-order valence-corrected chi connectivity index (χ4v) is 3.58. The van der Waals surface area contributed by atoms with Crippen LogP contribution in [0.15, 0.2) is 36.7 Å². The molecule has 8 heteroatoms. The van der Waals surface area contributed by atoms with Gasteiger partial charge in [0.1, 0.15) is 11.9 Å². The maximum atomic E-state index is 12.4. The number of benzene rings is 1. The molecule has 2 aromatic rings. The highest BCUT2D eigenvalue weighted by molar-refractivity contribution is 5.99. The standard InChI is InChI=1S/C20H27N5O3/c1-14(26)22-16-5-3-4-6-17(16)23-18(27)13-25-10-7-15(8-11-25)19(28)20-21-9-12-24(20)2/h3-6,9,12,15,19,28H,7-8,10-11,13H2,1-2H3,(H,22,26)(H,23,27). The van der Waals surface area contributed by atoms with Gasteiger partial charge in [-0.25, -0.2) is 4.98 Å². The number of imidazole rings is 1. The highest BCUT2D eigenvalue weighted by atomic mass is 16.3. The molecule has 1 atom stereocenters. The lowest BCUT2D eigenvalue weighted by Crippen LogP contribution is -2.40. The lowest BCUT2D eigenvalue weighted by atomic mass is 9.90. The molecule has 1 aliphatic heterocycles. The van der Waals surface area contributed by atoms with Crippen molar-refractivity contribution in [3.05, 3.63) is 42.5 Å². The van der Waals surface area contributed by atoms with Crippen LogP contribution in [0.25, 0.3) is 0 Å². The molecule has 1 aromatic heterocycles. The van der Waals surface area contributed by atoms with Crippen LogP contribution in [0.5, 0.6) is 0 Å². The van der Waals surface area contributed by atoms with Crippen LogP contribution in [0, 0.1) is 5.92 Å². The van der Waals surface area contributed by atoms with Crippen LogP contribution in [0.1, 0.15) is 31.7 Å². The van der Waals surface area contributed by atoms with Crippen LogP contribution in [-0.2, 0) is 16.6 Å². The van der Waals surface area contributed by atoms with Gasteiger partial charge in [-0.15, -0.1) is 0 Å². The van der Waals surface area contributed by atoms with Gasteiger partial charge in [0, 0.05) is 26.4 Å². The monoisotopic (exact) mass is 385 g/mol. The summed E-state index contributed by atoms with van der Waals surface area (Å²) >= 11 is 0. The van der Waals surface area contributed by atoms with Gasteiger partial charge in [-0.1, -0.05) is 12.1 Å². The van der Waals surface area contributed by atoms with Crippen molar-refractivity contribution in [2.45, 2.75) is 25.9 Å². The van der Waals surface area contributed by atoms with Crippen molar-refractivity contribution in [3.63, 3.8) is 0 Å². The lowest BCUT2D eigenvalue weighted by molar-refractivity contribution is -0.118. The largest absolute Gasteiger partial charge is 0.385 e. The number of hydrogen-bond acceptors (Lipinski definition) is 5. The third kappa shape index (κ3) is 4.96. The first-order valence-corrected chi connectivity index (χ1v) is 9.48. The van der Waals surface area contributed by atoms with Crippen LogP contribution >= 0.6 is 0 Å². The number of carbonyl (C=O) groups is 2. The lowest BCUT2D eigenvalue weighted by Gasteiger charge is -2.33. The van der Waals surface area contributed by atoms with Gasteiger partial charge >= 0.3 is 0 Å². The molecule has 3 rings (SSSR count). The van der Waals surface area contributed by atoms with E-state index in [1.807, 2.05) is 23.9 Å². The predicted molar refractivity (Wildman–Crippen MR) is 107 cm³/mol. The van der Waals surface area contributed by atoms with Gasteiger partial charge in [0.05, 0.1) is 17.9 Å². The average molecular weight is 385 g/mol. The van der Waals surface area contributed by atoms with Crippen LogP contribution in [0.2, 0.25) is 0 Å². The first kappa shape index (κ1) is 20.0. The Morgan fingerprint density at radius 3 is 2.43 bits per heavy atom. The first-order chi connectivity index (χ1) is 13.4. The fraction of sp³-hybridized carbons (Fsp3) is 0.450. The Hall–Kier alpha value is -2.71. The molecule has 0 bridgehead atoms. The van der Waals surface area contributed by atoms with Crippen LogP contribution in [0.3, 0.4) is 0 Å². The van der Waals surface area contributed by atoms with Gasteiger partial charge in [-0.2, -0.15) is 0 Å². The molecule has 28 heavy (non-hydrogen) atoms. The van der Waals surface area contributed by atoms with Crippen molar-refractivity contribution in [2.24, 2.45) is 13.0 Å². The normalized spacial score (nSPS) is 16.5. The van der Waals surface area contributed by atoms with E-state index in [4.69, 9.17) is 0 Å². The summed E-state index contributed by atoms with van der Waals surface area (Å²) in [5, 5.41) is 16.1. The number of aliphatic hydroxyl groups is 1. The minimum absolute atomic E-state index is 0.124. The van der Waals surface area contributed by atoms with E-state index in [-0.39, 0.29) is 24.3 Å². The first-order valence-electron chi connectivity index (χ1n) is 9.48. The Morgan fingerprint density at radius 1 is 1.21 bits per heavy atom. The topological polar surface area (TPSA) is 99.5 Å². The number of aromatic nitrogens is 2. The number of anilines is 2. The summed E-state index contributed by atoms with van der Waals surface area (Å²) in [4.78, 5) is 30.1. The highest BCUT2D eigenvalue weighted by Crippen LogP contribution is 2.29. The van der Waals surface area contributed by atoms with Gasteiger partial charge in [-0.3, -0.25) is 14.5 Å². The number of hydrogen-bond donors (Lipinski definition) is 3. The number of nitrogens with zero attached hydrogens (tertiary/aromatic N) is 3. The molecule has 1 saturated heterocycles. The zero-order valence-electron chi connectivity index (χ0n) is 16.3. The predicted octanol–water partition coefficient (Wildman–Crippen LogP) is 1.76. The van der Waals surface area contributed by atoms with E-state index in [2.05, 4.69) is 20.5 Å². The number of amides is 2. The highest BCUT2D eigenvalue weighted by Gasteiger charge is 2.29. The summed E-state index contributed by atoms with van der Waals surface area (Å²) in [6.45, 7) is 3.20. The minimum Gasteiger partial charge on any atom is -0.385 e. The summed E-state index contributed by atoms with van der Waals surface area (Å²) < 4.78 is 1.84. The van der Waals surface area contributed by atoms with Crippen molar-refractivity contribution in [1.29, 1.82) is 0 Å². The van der Waals surface area contributed by atoms with E-state index >= 15 is 0 Å². The van der Waals surface area contributed by atoms with Crippen molar-refractivity contribution in [2.75, 3.05) is 30.3 Å². The van der Waals surface area contributed by atoms with Gasteiger partial charge in [0.25, 0.3) is 0 Å². The average Bonchev–Trinajstić information content (AvgIpc) is 3.09. The summed E-state index contributed by atoms with van der Waals surface area (Å²) in [6.07, 6.45) is 4.56. The van der Waals surface area contributed by atoms with Crippen molar-refractivity contribution in [3.8, 4) is 0 Å². The zero-order chi connectivity index (χ0) is 20.1. The van der Waals surface area contributed by atoms with Crippen molar-refractivity contribution in [1.82, 2.24) is 14.5 Å². The van der Waals surface area contributed by atoms with E-state index in [1.54, 1.807) is 24.4 Å². The van der Waals surface area contributed by atoms with Gasteiger partial charge < -0.3 is 20.3 Å². The number of aliphatic hydroxyl groups excluding tert-OH is 1. The Kier molecular flexibility index (Phi) is 6.43. The fourth-order valence-electron chi connectivity index (χ4n) is 3.58. The van der Waals surface area contributed by atoms with Crippen molar-refractivity contribution >= 4 is 23.2 Å². The number of nitrogens with one attached hydrogen (secondary N) is 2. The van der Waals surface area contributed by atoms with Crippen LogP contribution in [-0.4, -0.2) is 51.0 Å². The van der Waals surface area contributed by atoms with Crippen LogP contribution in [0.4, 0.5) is 11.4 Å². The molecule has 150 valence electrons. The van der Waals surface area contributed by atoms with E-state index < -0.39 is 6.10 Å². The molecule has 1 fully saturated rings. The van der Waals surface area contributed by atoms with Gasteiger partial charge in [0.15, 0.2) is 0 Å². The molecule has 8 nitrogen and oxygen atoms in total. The maximum absolute atomic E-state index is 12.4. The second-order valence-electron chi connectivity index (χ2n) is 7.23. The Balaban J connectivity index is 1.50. The van der Waals surface area contributed by atoms with E-state index in [1.165, 1.54) is 6.92 Å². The summed E-state index contributed by atoms with van der Waals surface area (Å²) in [5.41, 5.74) is 1.17. The zero-order valence-corrected chi connectivity index (χ0v) is 16.3. The number of piperidine rings is 1. The number of para-hydroxylation sites is 2. The quantitative estimate of drug-likeness (QED) is 0.704. The third-order valence-electron chi connectivity index (χ3n) is 5.08. The number of carbonyl (C=O) groups excluding carboxylic acids is 2. The number of aryl methyl sites for hydroxylation is 1. The molecule has 0 radical (unpaired) electrons. The molecule has 3 N–H and O–H groups in total. The number of rotatable bonds is 6. The second kappa shape index (κ2) is 8.99. The minimum atomic E-state index is -0.583. The summed E-state index contributed by atoms with van der Waals surface area (Å²) in [7, 11) is 1.88. The molecular weight excluding hydrogens is 358 g/mol. The molecule has 1 aromatic carbocycles. The molecule has 1 aliphatic rings. The van der Waals surface area contributed by atoms with E-state index in [0.29, 0.717) is 17.2 Å². The Morgan fingerprint density at radius 2 is 1.86 bits per heavy atom. The molecule has 0 aliphatic carbocycles. The van der Waals surface area contributed by atoms with Crippen molar-refractivity contribution < 1.29 is 14.7 Å². The second-order valence-corrected chi connectivity index (χ2v) is 7.23. The SMILES string of the molecule is CC(=O)Nc1ccccc1NC(=O)CN1CCC(C(O)c2nccn2C)CC1. The smallest absolute Gasteiger partial charge is 0.238 e. The molecular formula is C20H27N5O3. The van der Waals surface area contributed by atoms with E-state index in [0.717, 1.165) is 25.9 Å². The Bertz CT molecular complexity index is 827. The van der Waals surface area contributed by atoms with Gasteiger partial charge in [0.2, 0.25) is 11.8 Å². The summed E-state index contributed by atoms with van der Waals surface area (Å²) in [6, 6.07) is 7.13. The molecule has 2 heterocycles. The molecule has 0 saturated carbocycles. The molecule has 0 spiro atoms. The van der Waals surface area contributed by atoms with E-state index in [9.17, 15) is 14.7 Å². The summed E-state index contributed by atoms with van der Waals surface area (Å²) in [5.74, 6) is 0.516. The van der Waals surface area contributed by atoms with Crippen LogP contribution < -0.4 is 10.6 Å². The molecule has 2 amide bonds. The third-order valence-corrected chi connectivity index (χ3v) is 5.08. The Labute approximate surface area is 164 Å². The van der Waals surface area contributed by atoms with Gasteiger partial charge in [-0.05, 0) is 44.0 Å².